The Bertz CT molecular complexity index is 741. The maximum atomic E-state index is 12.4. The van der Waals surface area contributed by atoms with Crippen molar-refractivity contribution < 1.29 is 27.9 Å². The summed E-state index contributed by atoms with van der Waals surface area (Å²) in [5, 5.41) is 13.4. The van der Waals surface area contributed by atoms with E-state index < -0.39 is 24.7 Å². The number of pyridine rings is 1. The van der Waals surface area contributed by atoms with E-state index in [9.17, 15) is 23.2 Å². The molecule has 0 aromatic carbocycles. The Balaban J connectivity index is 1.94. The van der Waals surface area contributed by atoms with E-state index in [0.717, 1.165) is 15.6 Å². The largest absolute Gasteiger partial charge is 0.408 e. The molecule has 0 fully saturated rings. The van der Waals surface area contributed by atoms with Crippen molar-refractivity contribution in [2.75, 3.05) is 4.90 Å². The van der Waals surface area contributed by atoms with Crippen LogP contribution in [0.15, 0.2) is 30.7 Å². The first-order valence-corrected chi connectivity index (χ1v) is 6.44. The van der Waals surface area contributed by atoms with E-state index in [1.807, 2.05) is 0 Å². The molecule has 1 N–H and O–H groups in total. The molecule has 3 heterocycles. The number of rotatable bonds is 2. The highest BCUT2D eigenvalue weighted by Crippen LogP contribution is 2.34. The summed E-state index contributed by atoms with van der Waals surface area (Å²) in [4.78, 5) is 13.7. The normalized spacial score (nSPS) is 17.9. The smallest absolute Gasteiger partial charge is 0.291 e. The third-order valence-corrected chi connectivity index (χ3v) is 3.48. The standard InChI is InChI=1S/C13H12F3N4O2/c1-8-11-10(3-2-4-19(11)22)12(21)20(8)9-5-17-18(6-9)7-13(14,15)16/h2-6,8,22H,7H2,1H3/q+1. The number of hydrogen-bond acceptors (Lipinski definition) is 3. The summed E-state index contributed by atoms with van der Waals surface area (Å²) in [6.45, 7) is 0.452. The van der Waals surface area contributed by atoms with E-state index in [1.54, 1.807) is 13.0 Å². The maximum absolute atomic E-state index is 12.4. The van der Waals surface area contributed by atoms with Crippen molar-refractivity contribution in [3.63, 3.8) is 0 Å². The lowest BCUT2D eigenvalue weighted by atomic mass is 10.2. The Hall–Kier alpha value is -2.58. The van der Waals surface area contributed by atoms with Crippen LogP contribution in [-0.4, -0.2) is 27.1 Å². The molecule has 1 aliphatic heterocycles. The third kappa shape index (κ3) is 2.28. The minimum absolute atomic E-state index is 0.248. The predicted molar refractivity (Wildman–Crippen MR) is 67.3 cm³/mol. The summed E-state index contributed by atoms with van der Waals surface area (Å²) in [5.74, 6) is -0.391. The molecule has 1 unspecified atom stereocenters. The van der Waals surface area contributed by atoms with Gasteiger partial charge in [-0.15, -0.1) is 0 Å². The van der Waals surface area contributed by atoms with Crippen molar-refractivity contribution in [3.8, 4) is 0 Å². The van der Waals surface area contributed by atoms with Gasteiger partial charge >= 0.3 is 6.18 Å². The number of carbonyl (C=O) groups is 1. The molecule has 116 valence electrons. The summed E-state index contributed by atoms with van der Waals surface area (Å²) in [6.07, 6.45) is -0.636. The lowest BCUT2D eigenvalue weighted by Crippen LogP contribution is -2.37. The molecule has 0 radical (unpaired) electrons. The molecule has 1 amide bonds. The summed E-state index contributed by atoms with van der Waals surface area (Å²) in [5.41, 5.74) is 0.940. The second-order valence-electron chi connectivity index (χ2n) is 5.01. The van der Waals surface area contributed by atoms with Crippen LogP contribution in [0, 0.1) is 0 Å². The molecule has 6 nitrogen and oxygen atoms in total. The van der Waals surface area contributed by atoms with Gasteiger partial charge in [-0.1, -0.05) is 0 Å². The summed E-state index contributed by atoms with van der Waals surface area (Å²) in [7, 11) is 0. The zero-order valence-corrected chi connectivity index (χ0v) is 11.4. The van der Waals surface area contributed by atoms with Gasteiger partial charge in [-0.3, -0.25) is 19.6 Å². The van der Waals surface area contributed by atoms with Crippen molar-refractivity contribution in [1.29, 1.82) is 0 Å². The molecule has 0 aliphatic carbocycles. The molecule has 2 aromatic rings. The van der Waals surface area contributed by atoms with Crippen LogP contribution < -0.4 is 9.63 Å². The highest BCUT2D eigenvalue weighted by Gasteiger charge is 2.43. The lowest BCUT2D eigenvalue weighted by Gasteiger charge is -2.17. The summed E-state index contributed by atoms with van der Waals surface area (Å²) in [6, 6.07) is 2.55. The van der Waals surface area contributed by atoms with Gasteiger partial charge in [0.2, 0.25) is 6.20 Å². The molecule has 0 saturated carbocycles. The molecule has 0 bridgehead atoms. The van der Waals surface area contributed by atoms with Crippen LogP contribution in [0.3, 0.4) is 0 Å². The molecule has 2 aromatic heterocycles. The van der Waals surface area contributed by atoms with Crippen LogP contribution in [0.25, 0.3) is 0 Å². The fraction of sp³-hybridized carbons (Fsp3) is 0.308. The van der Waals surface area contributed by atoms with Crippen LogP contribution in [0.1, 0.15) is 29.0 Å². The van der Waals surface area contributed by atoms with Gasteiger partial charge in [-0.2, -0.15) is 18.3 Å². The quantitative estimate of drug-likeness (QED) is 0.678. The molecule has 9 heteroatoms. The fourth-order valence-corrected chi connectivity index (χ4v) is 2.62. The van der Waals surface area contributed by atoms with E-state index in [0.29, 0.717) is 11.3 Å². The predicted octanol–water partition coefficient (Wildman–Crippen LogP) is 1.69. The Morgan fingerprint density at radius 3 is 2.82 bits per heavy atom. The molecule has 22 heavy (non-hydrogen) atoms. The molecule has 0 saturated heterocycles. The zero-order chi connectivity index (χ0) is 16.1. The van der Waals surface area contributed by atoms with Crippen molar-refractivity contribution in [2.24, 2.45) is 0 Å². The molecular weight excluding hydrogens is 301 g/mol. The molecule has 3 rings (SSSR count). The van der Waals surface area contributed by atoms with Gasteiger partial charge < -0.3 is 0 Å². The average molecular weight is 313 g/mol. The maximum Gasteiger partial charge on any atom is 0.408 e. The van der Waals surface area contributed by atoms with Gasteiger partial charge in [0.15, 0.2) is 0 Å². The second kappa shape index (κ2) is 4.72. The van der Waals surface area contributed by atoms with Crippen molar-refractivity contribution in [3.05, 3.63) is 42.0 Å². The highest BCUT2D eigenvalue weighted by molar-refractivity contribution is 6.10. The summed E-state index contributed by atoms with van der Waals surface area (Å²) >= 11 is 0. The molecule has 1 atom stereocenters. The van der Waals surface area contributed by atoms with E-state index >= 15 is 0 Å². The Morgan fingerprint density at radius 1 is 1.45 bits per heavy atom. The SMILES string of the molecule is CC1c2c(ccc[n+]2O)C(=O)N1c1cnn(CC(F)(F)F)c1. The number of alkyl halides is 3. The van der Waals surface area contributed by atoms with E-state index in [2.05, 4.69) is 5.10 Å². The number of hydrogen-bond donors (Lipinski definition) is 1. The van der Waals surface area contributed by atoms with Gasteiger partial charge in [0.05, 0.1) is 11.9 Å². The topological polar surface area (TPSA) is 62.2 Å². The van der Waals surface area contributed by atoms with Crippen molar-refractivity contribution in [2.45, 2.75) is 25.7 Å². The van der Waals surface area contributed by atoms with Gasteiger partial charge in [-0.25, -0.2) is 0 Å². The number of halogens is 3. The molecule has 1 aliphatic rings. The van der Waals surface area contributed by atoms with Gasteiger partial charge in [0, 0.05) is 17.0 Å². The summed E-state index contributed by atoms with van der Waals surface area (Å²) < 4.78 is 38.7. The van der Waals surface area contributed by atoms with Gasteiger partial charge in [0.25, 0.3) is 11.6 Å². The van der Waals surface area contributed by atoms with Crippen LogP contribution in [-0.2, 0) is 6.54 Å². The Labute approximate surface area is 123 Å². The number of amides is 1. The van der Waals surface area contributed by atoms with E-state index in [-0.39, 0.29) is 5.69 Å². The monoisotopic (exact) mass is 313 g/mol. The first kappa shape index (κ1) is 14.4. The highest BCUT2D eigenvalue weighted by atomic mass is 19.4. The van der Waals surface area contributed by atoms with Crippen molar-refractivity contribution >= 4 is 11.6 Å². The zero-order valence-electron chi connectivity index (χ0n) is 11.4. The van der Waals surface area contributed by atoms with Crippen molar-refractivity contribution in [1.82, 2.24) is 9.78 Å². The first-order chi connectivity index (χ1) is 10.3. The number of carbonyl (C=O) groups excluding carboxylic acids is 1. The molecular formula is C13H12F3N4O2+. The minimum atomic E-state index is -4.39. The van der Waals surface area contributed by atoms with Crippen LogP contribution in [0.5, 0.6) is 0 Å². The van der Waals surface area contributed by atoms with Crippen LogP contribution >= 0.6 is 0 Å². The number of nitrogens with zero attached hydrogens (tertiary/aromatic N) is 4. The number of anilines is 1. The lowest BCUT2D eigenvalue weighted by molar-refractivity contribution is -0.910. The number of fused-ring (bicyclic) bond motifs is 1. The number of aromatic nitrogens is 3. The third-order valence-electron chi connectivity index (χ3n) is 3.48. The average Bonchev–Trinajstić information content (AvgIpc) is 2.93. The van der Waals surface area contributed by atoms with Gasteiger partial charge in [-0.05, 0) is 13.0 Å². The van der Waals surface area contributed by atoms with Crippen LogP contribution in [0.4, 0.5) is 18.9 Å². The Morgan fingerprint density at radius 2 is 2.18 bits per heavy atom. The second-order valence-corrected chi connectivity index (χ2v) is 5.01. The van der Waals surface area contributed by atoms with E-state index in [1.165, 1.54) is 23.4 Å². The van der Waals surface area contributed by atoms with Gasteiger partial charge in [0.1, 0.15) is 18.2 Å². The minimum Gasteiger partial charge on any atom is -0.291 e. The first-order valence-electron chi connectivity index (χ1n) is 6.44. The van der Waals surface area contributed by atoms with E-state index in [4.69, 9.17) is 0 Å². The van der Waals surface area contributed by atoms with Crippen LogP contribution in [0.2, 0.25) is 0 Å². The molecule has 0 spiro atoms. The fourth-order valence-electron chi connectivity index (χ4n) is 2.62. The Kier molecular flexibility index (Phi) is 3.08.